The molecule has 0 saturated carbocycles. The van der Waals surface area contributed by atoms with Crippen molar-refractivity contribution >= 4 is 57.1 Å². The van der Waals surface area contributed by atoms with Gasteiger partial charge in [-0.25, -0.2) is 0 Å². The zero-order valence-corrected chi connectivity index (χ0v) is 18.3. The van der Waals surface area contributed by atoms with Crippen molar-refractivity contribution in [3.8, 4) is 0 Å². The Balaban J connectivity index is 1.61. The first kappa shape index (κ1) is 21.0. The van der Waals surface area contributed by atoms with Crippen molar-refractivity contribution in [1.82, 2.24) is 14.4 Å². The smallest absolute Gasteiger partial charge is 0.266 e. The van der Waals surface area contributed by atoms with Gasteiger partial charge in [0.15, 0.2) is 0 Å². The number of morpholine rings is 1. The number of benzene rings is 1. The van der Waals surface area contributed by atoms with Gasteiger partial charge in [-0.05, 0) is 12.1 Å². The molecule has 2 aliphatic heterocycles. The SMILES string of the molecule is COCCN1C(=O)/C(=C/c2cn(CC(=O)N3CCOCC3)c3ccccc23)SC1=S. The van der Waals surface area contributed by atoms with Gasteiger partial charge in [0.2, 0.25) is 5.91 Å². The van der Waals surface area contributed by atoms with Crippen molar-refractivity contribution in [1.29, 1.82) is 0 Å². The van der Waals surface area contributed by atoms with Gasteiger partial charge in [0.1, 0.15) is 10.9 Å². The largest absolute Gasteiger partial charge is 0.383 e. The summed E-state index contributed by atoms with van der Waals surface area (Å²) in [7, 11) is 1.60. The van der Waals surface area contributed by atoms with Crippen LogP contribution in [-0.4, -0.2) is 77.1 Å². The van der Waals surface area contributed by atoms with E-state index in [9.17, 15) is 9.59 Å². The van der Waals surface area contributed by atoms with Crippen LogP contribution in [-0.2, 0) is 25.6 Å². The molecule has 2 amide bonds. The number of nitrogens with zero attached hydrogens (tertiary/aromatic N) is 3. The van der Waals surface area contributed by atoms with E-state index in [0.717, 1.165) is 16.5 Å². The Morgan fingerprint density at radius 1 is 1.30 bits per heavy atom. The van der Waals surface area contributed by atoms with E-state index in [1.165, 1.54) is 11.8 Å². The molecule has 1 aromatic carbocycles. The van der Waals surface area contributed by atoms with E-state index in [1.807, 2.05) is 46.0 Å². The fourth-order valence-electron chi connectivity index (χ4n) is 3.60. The van der Waals surface area contributed by atoms with Crippen LogP contribution >= 0.6 is 24.0 Å². The summed E-state index contributed by atoms with van der Waals surface area (Å²) in [5, 5.41) is 0.995. The molecule has 0 bridgehead atoms. The predicted octanol–water partition coefficient (Wildman–Crippen LogP) is 2.35. The molecule has 2 aromatic rings. The number of hydrogen-bond donors (Lipinski definition) is 0. The number of carbonyl (C=O) groups excluding carboxylic acids is 2. The lowest BCUT2D eigenvalue weighted by Crippen LogP contribution is -2.42. The summed E-state index contributed by atoms with van der Waals surface area (Å²) < 4.78 is 12.9. The minimum Gasteiger partial charge on any atom is -0.383 e. The summed E-state index contributed by atoms with van der Waals surface area (Å²) in [5.41, 5.74) is 1.85. The van der Waals surface area contributed by atoms with Gasteiger partial charge >= 0.3 is 0 Å². The maximum atomic E-state index is 12.8. The van der Waals surface area contributed by atoms with Crippen LogP contribution in [0.2, 0.25) is 0 Å². The average molecular weight is 446 g/mol. The number of methoxy groups -OCH3 is 1. The van der Waals surface area contributed by atoms with Crippen LogP contribution in [0.25, 0.3) is 17.0 Å². The molecule has 0 unspecified atom stereocenters. The second-order valence-electron chi connectivity index (χ2n) is 7.05. The Morgan fingerprint density at radius 3 is 2.83 bits per heavy atom. The highest BCUT2D eigenvalue weighted by molar-refractivity contribution is 8.26. The molecular formula is C21H23N3O4S2. The fraction of sp³-hybridized carbons (Fsp3) is 0.381. The predicted molar refractivity (Wildman–Crippen MR) is 121 cm³/mol. The van der Waals surface area contributed by atoms with Gasteiger partial charge in [0.25, 0.3) is 5.91 Å². The molecule has 1 aromatic heterocycles. The van der Waals surface area contributed by atoms with E-state index in [1.54, 1.807) is 12.0 Å². The molecule has 4 rings (SSSR count). The molecule has 2 aliphatic rings. The van der Waals surface area contributed by atoms with Crippen molar-refractivity contribution < 1.29 is 19.1 Å². The van der Waals surface area contributed by atoms with Gasteiger partial charge in [-0.2, -0.15) is 0 Å². The number of aromatic nitrogens is 1. The first-order valence-electron chi connectivity index (χ1n) is 9.76. The van der Waals surface area contributed by atoms with Crippen LogP contribution in [0.15, 0.2) is 35.4 Å². The number of thiocarbonyl (C=S) groups is 1. The van der Waals surface area contributed by atoms with Gasteiger partial charge in [-0.3, -0.25) is 14.5 Å². The highest BCUT2D eigenvalue weighted by Gasteiger charge is 2.32. The minimum atomic E-state index is -0.108. The van der Waals surface area contributed by atoms with Gasteiger partial charge in [-0.1, -0.05) is 42.2 Å². The molecule has 7 nitrogen and oxygen atoms in total. The molecular weight excluding hydrogens is 422 g/mol. The molecule has 2 saturated heterocycles. The maximum Gasteiger partial charge on any atom is 0.266 e. The average Bonchev–Trinajstić information content (AvgIpc) is 3.24. The number of hydrogen-bond acceptors (Lipinski definition) is 6. The van der Waals surface area contributed by atoms with Gasteiger partial charge in [0.05, 0.1) is 31.3 Å². The fourth-order valence-corrected chi connectivity index (χ4v) is 4.90. The van der Waals surface area contributed by atoms with Crippen LogP contribution in [0.5, 0.6) is 0 Å². The zero-order chi connectivity index (χ0) is 21.1. The lowest BCUT2D eigenvalue weighted by molar-refractivity contribution is -0.135. The Bertz CT molecular complexity index is 1010. The van der Waals surface area contributed by atoms with Crippen molar-refractivity contribution in [2.75, 3.05) is 46.6 Å². The number of carbonyl (C=O) groups is 2. The lowest BCUT2D eigenvalue weighted by Gasteiger charge is -2.27. The molecule has 3 heterocycles. The van der Waals surface area contributed by atoms with E-state index >= 15 is 0 Å². The van der Waals surface area contributed by atoms with Crippen molar-refractivity contribution in [2.45, 2.75) is 6.54 Å². The normalized spacial score (nSPS) is 18.8. The number of thioether (sulfide) groups is 1. The third kappa shape index (κ3) is 4.29. The molecule has 9 heteroatoms. The third-order valence-electron chi connectivity index (χ3n) is 5.17. The Kier molecular flexibility index (Phi) is 6.52. The first-order valence-corrected chi connectivity index (χ1v) is 11.0. The summed E-state index contributed by atoms with van der Waals surface area (Å²) in [6.45, 7) is 3.52. The van der Waals surface area contributed by atoms with E-state index in [4.69, 9.17) is 21.7 Å². The van der Waals surface area contributed by atoms with E-state index in [2.05, 4.69) is 0 Å². The van der Waals surface area contributed by atoms with Gasteiger partial charge in [0, 0.05) is 42.9 Å². The van der Waals surface area contributed by atoms with E-state index in [0.29, 0.717) is 48.7 Å². The molecule has 0 radical (unpaired) electrons. The summed E-state index contributed by atoms with van der Waals surface area (Å²) in [6.07, 6.45) is 3.80. The second-order valence-corrected chi connectivity index (χ2v) is 8.72. The highest BCUT2D eigenvalue weighted by atomic mass is 32.2. The second kappa shape index (κ2) is 9.30. The van der Waals surface area contributed by atoms with Gasteiger partial charge < -0.3 is 18.9 Å². The summed E-state index contributed by atoms with van der Waals surface area (Å²) in [6, 6.07) is 7.90. The standard InChI is InChI=1S/C21H23N3O4S2/c1-27-9-8-24-20(26)18(30-21(24)29)12-15-13-23(17-5-3-2-4-16(15)17)14-19(25)22-6-10-28-11-7-22/h2-5,12-13H,6-11,14H2,1H3/b18-12-. The Morgan fingerprint density at radius 2 is 2.07 bits per heavy atom. The van der Waals surface area contributed by atoms with Crippen LogP contribution in [0.1, 0.15) is 5.56 Å². The van der Waals surface area contributed by atoms with E-state index in [-0.39, 0.29) is 18.4 Å². The molecule has 0 spiro atoms. The highest BCUT2D eigenvalue weighted by Crippen LogP contribution is 2.34. The monoisotopic (exact) mass is 445 g/mol. The number of amides is 2. The third-order valence-corrected chi connectivity index (χ3v) is 6.55. The summed E-state index contributed by atoms with van der Waals surface area (Å²) in [4.78, 5) is 29.5. The van der Waals surface area contributed by atoms with Gasteiger partial charge in [-0.15, -0.1) is 0 Å². The van der Waals surface area contributed by atoms with Crippen LogP contribution < -0.4 is 0 Å². The topological polar surface area (TPSA) is 64.0 Å². The maximum absolute atomic E-state index is 12.8. The number of para-hydroxylation sites is 1. The van der Waals surface area contributed by atoms with Crippen LogP contribution in [0, 0.1) is 0 Å². The van der Waals surface area contributed by atoms with Crippen LogP contribution in [0.4, 0.5) is 0 Å². The van der Waals surface area contributed by atoms with Crippen molar-refractivity contribution in [3.05, 3.63) is 40.9 Å². The first-order chi connectivity index (χ1) is 14.6. The minimum absolute atomic E-state index is 0.0662. The lowest BCUT2D eigenvalue weighted by atomic mass is 10.1. The summed E-state index contributed by atoms with van der Waals surface area (Å²) >= 11 is 6.66. The van der Waals surface area contributed by atoms with Crippen molar-refractivity contribution in [2.24, 2.45) is 0 Å². The molecule has 2 fully saturated rings. The van der Waals surface area contributed by atoms with Crippen molar-refractivity contribution in [3.63, 3.8) is 0 Å². The van der Waals surface area contributed by atoms with E-state index < -0.39 is 0 Å². The quantitative estimate of drug-likeness (QED) is 0.503. The molecule has 0 aliphatic carbocycles. The molecule has 0 atom stereocenters. The number of fused-ring (bicyclic) bond motifs is 1. The number of ether oxygens (including phenoxy) is 2. The Labute approximate surface area is 184 Å². The molecule has 30 heavy (non-hydrogen) atoms. The summed E-state index contributed by atoms with van der Waals surface area (Å²) in [5.74, 6) is -0.0419. The number of rotatable bonds is 6. The molecule has 158 valence electrons. The van der Waals surface area contributed by atoms with Crippen LogP contribution in [0.3, 0.4) is 0 Å². The Hall–Kier alpha value is -2.20. The zero-order valence-electron chi connectivity index (χ0n) is 16.7. The molecule has 0 N–H and O–H groups in total.